The zero-order valence-corrected chi connectivity index (χ0v) is 11.4. The van der Waals surface area contributed by atoms with Crippen LogP contribution < -0.4 is 11.1 Å². The van der Waals surface area contributed by atoms with Crippen molar-refractivity contribution in [2.24, 2.45) is 5.92 Å². The number of carbonyl (C=O) groups is 1. The highest BCUT2D eigenvalue weighted by atomic mass is 16.1. The van der Waals surface area contributed by atoms with E-state index in [2.05, 4.69) is 39.1 Å². The van der Waals surface area contributed by atoms with Gasteiger partial charge >= 0.3 is 0 Å². The van der Waals surface area contributed by atoms with E-state index in [0.717, 1.165) is 12.2 Å². The minimum Gasteiger partial charge on any atom is -0.382 e. The van der Waals surface area contributed by atoms with E-state index in [0.29, 0.717) is 11.6 Å². The first-order valence-electron chi connectivity index (χ1n) is 6.25. The van der Waals surface area contributed by atoms with Gasteiger partial charge in [0.05, 0.1) is 18.1 Å². The third-order valence-electron chi connectivity index (χ3n) is 2.50. The minimum absolute atomic E-state index is 0.0822. The highest BCUT2D eigenvalue weighted by molar-refractivity contribution is 6.05. The molecule has 0 aliphatic rings. The van der Waals surface area contributed by atoms with Gasteiger partial charge in [-0.05, 0) is 5.92 Å². The molecule has 0 atom stereocenters. The van der Waals surface area contributed by atoms with Crippen LogP contribution in [0.5, 0.6) is 0 Å². The van der Waals surface area contributed by atoms with Crippen molar-refractivity contribution in [3.63, 3.8) is 0 Å². The molecular weight excluding hydrogens is 256 g/mol. The standard InChI is InChI=1S/C13H16N6O/c1-8(2)5-10-17-6-9(7-18-10)19-13(20)11-12(14)16-4-3-15-11/h3-4,6-8H,5H2,1-2H3,(H2,14,16)(H,19,20). The predicted molar refractivity (Wildman–Crippen MR) is 75.0 cm³/mol. The van der Waals surface area contributed by atoms with Crippen LogP contribution in [0, 0.1) is 5.92 Å². The van der Waals surface area contributed by atoms with Crippen LogP contribution in [0.25, 0.3) is 0 Å². The summed E-state index contributed by atoms with van der Waals surface area (Å²) in [6.45, 7) is 4.19. The van der Waals surface area contributed by atoms with Gasteiger partial charge in [0.25, 0.3) is 5.91 Å². The van der Waals surface area contributed by atoms with Crippen molar-refractivity contribution in [2.45, 2.75) is 20.3 Å². The van der Waals surface area contributed by atoms with Crippen LogP contribution in [0.3, 0.4) is 0 Å². The Labute approximate surface area is 116 Å². The summed E-state index contributed by atoms with van der Waals surface area (Å²) in [6.07, 6.45) is 6.76. The molecule has 20 heavy (non-hydrogen) atoms. The van der Waals surface area contributed by atoms with Gasteiger partial charge in [0.2, 0.25) is 0 Å². The maximum absolute atomic E-state index is 11.9. The number of nitrogens with zero attached hydrogens (tertiary/aromatic N) is 4. The van der Waals surface area contributed by atoms with Gasteiger partial charge in [-0.2, -0.15) is 0 Å². The summed E-state index contributed by atoms with van der Waals surface area (Å²) in [4.78, 5) is 28.0. The van der Waals surface area contributed by atoms with Gasteiger partial charge in [-0.15, -0.1) is 0 Å². The van der Waals surface area contributed by atoms with E-state index < -0.39 is 5.91 Å². The van der Waals surface area contributed by atoms with Gasteiger partial charge in [-0.1, -0.05) is 13.8 Å². The molecule has 0 saturated carbocycles. The molecule has 2 aromatic heterocycles. The Morgan fingerprint density at radius 3 is 2.45 bits per heavy atom. The summed E-state index contributed by atoms with van der Waals surface area (Å²) in [5.41, 5.74) is 6.16. The number of nitrogen functional groups attached to an aromatic ring is 1. The van der Waals surface area contributed by atoms with E-state index in [1.807, 2.05) is 0 Å². The van der Waals surface area contributed by atoms with E-state index >= 15 is 0 Å². The maximum atomic E-state index is 11.9. The summed E-state index contributed by atoms with van der Waals surface area (Å²) >= 11 is 0. The zero-order chi connectivity index (χ0) is 14.5. The molecule has 0 spiro atoms. The number of hydrogen-bond donors (Lipinski definition) is 2. The van der Waals surface area contributed by atoms with Crippen molar-refractivity contribution in [1.29, 1.82) is 0 Å². The fourth-order valence-corrected chi connectivity index (χ4v) is 1.60. The molecule has 0 saturated heterocycles. The molecule has 104 valence electrons. The van der Waals surface area contributed by atoms with Crippen LogP contribution in [-0.4, -0.2) is 25.8 Å². The fourth-order valence-electron chi connectivity index (χ4n) is 1.60. The van der Waals surface area contributed by atoms with Gasteiger partial charge < -0.3 is 11.1 Å². The average Bonchev–Trinajstić information content (AvgIpc) is 2.41. The number of anilines is 2. The van der Waals surface area contributed by atoms with Crippen LogP contribution in [0.2, 0.25) is 0 Å². The first kappa shape index (κ1) is 13.9. The van der Waals surface area contributed by atoms with Gasteiger partial charge in [0.1, 0.15) is 5.82 Å². The number of nitrogens with two attached hydrogens (primary N) is 1. The number of nitrogens with one attached hydrogen (secondary N) is 1. The molecule has 0 aliphatic heterocycles. The Kier molecular flexibility index (Phi) is 4.19. The molecule has 2 aromatic rings. The molecule has 7 nitrogen and oxygen atoms in total. The topological polar surface area (TPSA) is 107 Å². The van der Waals surface area contributed by atoms with E-state index in [4.69, 9.17) is 5.73 Å². The van der Waals surface area contributed by atoms with E-state index in [-0.39, 0.29) is 11.5 Å². The summed E-state index contributed by atoms with van der Waals surface area (Å²) in [6, 6.07) is 0. The lowest BCUT2D eigenvalue weighted by molar-refractivity contribution is 0.102. The number of carbonyl (C=O) groups excluding carboxylic acids is 1. The van der Waals surface area contributed by atoms with Crippen LogP contribution in [0.15, 0.2) is 24.8 Å². The van der Waals surface area contributed by atoms with Crippen LogP contribution in [0.1, 0.15) is 30.2 Å². The van der Waals surface area contributed by atoms with Crippen LogP contribution >= 0.6 is 0 Å². The Bertz CT molecular complexity index is 596. The van der Waals surface area contributed by atoms with Crippen LogP contribution in [0.4, 0.5) is 11.5 Å². The smallest absolute Gasteiger partial charge is 0.278 e. The van der Waals surface area contributed by atoms with Gasteiger partial charge in [-0.25, -0.2) is 19.9 Å². The molecule has 3 N–H and O–H groups in total. The number of aromatic nitrogens is 4. The highest BCUT2D eigenvalue weighted by Crippen LogP contribution is 2.10. The normalized spacial score (nSPS) is 10.6. The molecule has 0 aliphatic carbocycles. The maximum Gasteiger partial charge on any atom is 0.278 e. The third-order valence-corrected chi connectivity index (χ3v) is 2.50. The molecule has 2 heterocycles. The molecule has 0 radical (unpaired) electrons. The predicted octanol–water partition coefficient (Wildman–Crippen LogP) is 1.30. The summed E-state index contributed by atoms with van der Waals surface area (Å²) < 4.78 is 0. The van der Waals surface area contributed by atoms with Crippen molar-refractivity contribution in [2.75, 3.05) is 11.1 Å². The quantitative estimate of drug-likeness (QED) is 0.868. The van der Waals surface area contributed by atoms with E-state index in [9.17, 15) is 4.79 Å². The first-order chi connectivity index (χ1) is 9.56. The number of amides is 1. The third kappa shape index (κ3) is 3.47. The van der Waals surface area contributed by atoms with Crippen molar-refractivity contribution in [3.05, 3.63) is 36.3 Å². The second-order valence-corrected chi connectivity index (χ2v) is 4.73. The summed E-state index contributed by atoms with van der Waals surface area (Å²) in [5, 5.41) is 2.63. The number of hydrogen-bond acceptors (Lipinski definition) is 6. The van der Waals surface area contributed by atoms with E-state index in [1.54, 1.807) is 12.4 Å². The van der Waals surface area contributed by atoms with Gasteiger partial charge in [0.15, 0.2) is 11.5 Å². The molecule has 2 rings (SSSR count). The lowest BCUT2D eigenvalue weighted by atomic mass is 10.1. The lowest BCUT2D eigenvalue weighted by Crippen LogP contribution is -2.17. The molecule has 0 fully saturated rings. The first-order valence-corrected chi connectivity index (χ1v) is 6.25. The van der Waals surface area contributed by atoms with Crippen molar-refractivity contribution in [1.82, 2.24) is 19.9 Å². The molecule has 0 unspecified atom stereocenters. The Morgan fingerprint density at radius 1 is 1.20 bits per heavy atom. The molecular formula is C13H16N6O. The Balaban J connectivity index is 2.07. The Hall–Kier alpha value is -2.57. The second kappa shape index (κ2) is 6.05. The molecule has 1 amide bonds. The lowest BCUT2D eigenvalue weighted by Gasteiger charge is -2.07. The fraction of sp³-hybridized carbons (Fsp3) is 0.308. The second-order valence-electron chi connectivity index (χ2n) is 4.73. The Morgan fingerprint density at radius 2 is 1.85 bits per heavy atom. The van der Waals surface area contributed by atoms with Crippen molar-refractivity contribution < 1.29 is 4.79 Å². The summed E-state index contributed by atoms with van der Waals surface area (Å²) in [5.74, 6) is 0.880. The highest BCUT2D eigenvalue weighted by Gasteiger charge is 2.12. The largest absolute Gasteiger partial charge is 0.382 e. The van der Waals surface area contributed by atoms with Crippen LogP contribution in [-0.2, 0) is 6.42 Å². The van der Waals surface area contributed by atoms with Gasteiger partial charge in [-0.3, -0.25) is 4.79 Å². The number of rotatable bonds is 4. The molecule has 0 bridgehead atoms. The molecule has 7 heteroatoms. The average molecular weight is 272 g/mol. The summed E-state index contributed by atoms with van der Waals surface area (Å²) in [7, 11) is 0. The van der Waals surface area contributed by atoms with E-state index in [1.165, 1.54) is 12.4 Å². The molecule has 0 aromatic carbocycles. The van der Waals surface area contributed by atoms with Crippen molar-refractivity contribution >= 4 is 17.4 Å². The van der Waals surface area contributed by atoms with Gasteiger partial charge in [0, 0.05) is 18.8 Å². The minimum atomic E-state index is -0.434. The monoisotopic (exact) mass is 272 g/mol. The van der Waals surface area contributed by atoms with Crippen molar-refractivity contribution in [3.8, 4) is 0 Å². The SMILES string of the molecule is CC(C)Cc1ncc(NC(=O)c2nccnc2N)cn1. The zero-order valence-electron chi connectivity index (χ0n) is 11.4.